The molecule has 0 aliphatic heterocycles. The largest absolute Gasteiger partial charge is 0.457 e. The number of amides is 3. The number of urea groups is 1. The molecule has 0 spiro atoms. The Kier molecular flexibility index (Phi) is 6.62. The molecule has 0 saturated heterocycles. The fourth-order valence-electron chi connectivity index (χ4n) is 2.63. The van der Waals surface area contributed by atoms with Crippen LogP contribution in [0.4, 0.5) is 20.7 Å². The third kappa shape index (κ3) is 5.75. The molecule has 9 nitrogen and oxygen atoms in total. The van der Waals surface area contributed by atoms with Crippen LogP contribution >= 0.6 is 0 Å². The minimum Gasteiger partial charge on any atom is -0.457 e. The lowest BCUT2D eigenvalue weighted by atomic mass is 9.92. The summed E-state index contributed by atoms with van der Waals surface area (Å²) in [5.74, 6) is -0.266. The molecule has 3 aromatic rings. The van der Waals surface area contributed by atoms with E-state index in [4.69, 9.17) is 4.74 Å². The summed E-state index contributed by atoms with van der Waals surface area (Å²) in [6.07, 6.45) is 2.77. The van der Waals surface area contributed by atoms with Crippen LogP contribution < -0.4 is 20.7 Å². The number of halogens is 1. The molecule has 3 N–H and O–H groups in total. The molecule has 32 heavy (non-hydrogen) atoms. The van der Waals surface area contributed by atoms with Crippen molar-refractivity contribution in [2.24, 2.45) is 0 Å². The molecule has 0 aliphatic rings. The Morgan fingerprint density at radius 2 is 1.72 bits per heavy atom. The quantitative estimate of drug-likeness (QED) is 0.552. The highest BCUT2D eigenvalue weighted by Gasteiger charge is 2.17. The molecule has 0 atom stereocenters. The first kappa shape index (κ1) is 22.6. The SMILES string of the molecule is CNC(=O)c1cc(Oc2ccc(NC(=O)Nc3cc(C(C)(C)C)ncn3)c(F)c2)ccn1. The number of nitrogens with one attached hydrogen (secondary N) is 3. The van der Waals surface area contributed by atoms with Gasteiger partial charge in [0.2, 0.25) is 0 Å². The number of benzene rings is 1. The second-order valence-electron chi connectivity index (χ2n) is 7.82. The number of carbonyl (C=O) groups excluding carboxylic acids is 2. The van der Waals surface area contributed by atoms with E-state index in [1.165, 1.54) is 43.8 Å². The van der Waals surface area contributed by atoms with Crippen LogP contribution in [0.15, 0.2) is 48.9 Å². The van der Waals surface area contributed by atoms with Gasteiger partial charge in [-0.25, -0.2) is 19.2 Å². The fraction of sp³-hybridized carbons (Fsp3) is 0.227. The van der Waals surface area contributed by atoms with Crippen molar-refractivity contribution >= 4 is 23.4 Å². The lowest BCUT2D eigenvalue weighted by Crippen LogP contribution is -2.22. The average Bonchev–Trinajstić information content (AvgIpc) is 2.75. The van der Waals surface area contributed by atoms with Crippen molar-refractivity contribution in [1.82, 2.24) is 20.3 Å². The number of aromatic nitrogens is 3. The standard InChI is InChI=1S/C22H23FN6O3/c1-22(2,3)18-11-19(27-12-26-18)29-21(31)28-16-6-5-13(9-15(16)23)32-14-7-8-25-17(10-14)20(30)24-4/h5-12H,1-4H3,(H,24,30)(H2,26,27,28,29,31). The maximum atomic E-state index is 14.5. The number of hydrogen-bond donors (Lipinski definition) is 3. The van der Waals surface area contributed by atoms with Crippen molar-refractivity contribution in [2.75, 3.05) is 17.7 Å². The van der Waals surface area contributed by atoms with E-state index in [-0.39, 0.29) is 28.5 Å². The van der Waals surface area contributed by atoms with Gasteiger partial charge < -0.3 is 15.4 Å². The summed E-state index contributed by atoms with van der Waals surface area (Å²) in [6, 6.07) is 7.96. The monoisotopic (exact) mass is 438 g/mol. The molecule has 3 amide bonds. The summed E-state index contributed by atoms with van der Waals surface area (Å²) in [5, 5.41) is 7.46. The van der Waals surface area contributed by atoms with E-state index in [9.17, 15) is 14.0 Å². The molecule has 0 radical (unpaired) electrons. The van der Waals surface area contributed by atoms with Crippen LogP contribution in [0, 0.1) is 5.82 Å². The smallest absolute Gasteiger partial charge is 0.324 e. The second-order valence-corrected chi connectivity index (χ2v) is 7.82. The first-order chi connectivity index (χ1) is 15.2. The summed E-state index contributed by atoms with van der Waals surface area (Å²) in [4.78, 5) is 36.1. The molecule has 10 heteroatoms. The van der Waals surface area contributed by atoms with Gasteiger partial charge in [0.1, 0.15) is 35.2 Å². The van der Waals surface area contributed by atoms with Crippen molar-refractivity contribution in [3.8, 4) is 11.5 Å². The minimum atomic E-state index is -0.698. The lowest BCUT2D eigenvalue weighted by molar-refractivity contribution is 0.0957. The molecule has 166 valence electrons. The van der Waals surface area contributed by atoms with Crippen LogP contribution in [-0.4, -0.2) is 33.9 Å². The molecule has 0 aliphatic carbocycles. The number of nitrogens with zero attached hydrogens (tertiary/aromatic N) is 3. The van der Waals surface area contributed by atoms with Gasteiger partial charge in [0.15, 0.2) is 0 Å². The highest BCUT2D eigenvalue weighted by atomic mass is 19.1. The van der Waals surface area contributed by atoms with Gasteiger partial charge >= 0.3 is 6.03 Å². The van der Waals surface area contributed by atoms with Gasteiger partial charge in [-0.1, -0.05) is 20.8 Å². The number of rotatable bonds is 5. The van der Waals surface area contributed by atoms with Gasteiger partial charge in [-0.15, -0.1) is 0 Å². The van der Waals surface area contributed by atoms with Gasteiger partial charge in [-0.3, -0.25) is 15.1 Å². The Balaban J connectivity index is 1.67. The molecule has 0 fully saturated rings. The summed E-state index contributed by atoms with van der Waals surface area (Å²) >= 11 is 0. The van der Waals surface area contributed by atoms with E-state index in [1.54, 1.807) is 6.07 Å². The summed E-state index contributed by atoms with van der Waals surface area (Å²) < 4.78 is 20.1. The van der Waals surface area contributed by atoms with Gasteiger partial charge in [0, 0.05) is 36.9 Å². The van der Waals surface area contributed by atoms with Crippen LogP contribution in [0.5, 0.6) is 11.5 Å². The average molecular weight is 438 g/mol. The maximum Gasteiger partial charge on any atom is 0.324 e. The number of pyridine rings is 1. The number of ether oxygens (including phenoxy) is 1. The fourth-order valence-corrected chi connectivity index (χ4v) is 2.63. The first-order valence-electron chi connectivity index (χ1n) is 9.72. The number of hydrogen-bond acceptors (Lipinski definition) is 6. The van der Waals surface area contributed by atoms with Crippen LogP contribution in [0.3, 0.4) is 0 Å². The molecular weight excluding hydrogens is 415 g/mol. The molecule has 2 aromatic heterocycles. The molecule has 0 saturated carbocycles. The van der Waals surface area contributed by atoms with Crippen LogP contribution in [0.1, 0.15) is 37.0 Å². The molecule has 3 rings (SSSR count). The van der Waals surface area contributed by atoms with Crippen molar-refractivity contribution in [3.63, 3.8) is 0 Å². The van der Waals surface area contributed by atoms with E-state index in [2.05, 4.69) is 30.9 Å². The predicted molar refractivity (Wildman–Crippen MR) is 117 cm³/mol. The Morgan fingerprint density at radius 1 is 0.969 bits per heavy atom. The topological polar surface area (TPSA) is 118 Å². The zero-order chi connectivity index (χ0) is 23.3. The van der Waals surface area contributed by atoms with Gasteiger partial charge in [0.05, 0.1) is 11.4 Å². The third-order valence-corrected chi connectivity index (χ3v) is 4.29. The third-order valence-electron chi connectivity index (χ3n) is 4.29. The van der Waals surface area contributed by atoms with Crippen molar-refractivity contribution in [1.29, 1.82) is 0 Å². The van der Waals surface area contributed by atoms with Crippen LogP contribution in [-0.2, 0) is 5.41 Å². The maximum absolute atomic E-state index is 14.5. The minimum absolute atomic E-state index is 0.0410. The number of anilines is 2. The van der Waals surface area contributed by atoms with Crippen molar-refractivity contribution < 1.29 is 18.7 Å². The van der Waals surface area contributed by atoms with Gasteiger partial charge in [-0.05, 0) is 18.2 Å². The normalized spacial score (nSPS) is 10.9. The Morgan fingerprint density at radius 3 is 2.41 bits per heavy atom. The first-order valence-corrected chi connectivity index (χ1v) is 9.72. The van der Waals surface area contributed by atoms with E-state index >= 15 is 0 Å². The molecule has 0 unspecified atom stereocenters. The molecule has 0 bridgehead atoms. The molecule has 2 heterocycles. The van der Waals surface area contributed by atoms with Crippen molar-refractivity contribution in [2.45, 2.75) is 26.2 Å². The molecular formula is C22H23FN6O3. The predicted octanol–water partition coefficient (Wildman–Crippen LogP) is 4.10. The highest BCUT2D eigenvalue weighted by Crippen LogP contribution is 2.26. The summed E-state index contributed by atoms with van der Waals surface area (Å²) in [5.41, 5.74) is 0.667. The van der Waals surface area contributed by atoms with Crippen LogP contribution in [0.25, 0.3) is 0 Å². The lowest BCUT2D eigenvalue weighted by Gasteiger charge is -2.18. The molecule has 1 aromatic carbocycles. The second kappa shape index (κ2) is 9.38. The van der Waals surface area contributed by atoms with Crippen molar-refractivity contribution in [3.05, 3.63) is 66.1 Å². The number of carbonyl (C=O) groups is 2. The summed E-state index contributed by atoms with van der Waals surface area (Å²) in [6.45, 7) is 5.97. The Bertz CT molecular complexity index is 1150. The van der Waals surface area contributed by atoms with Gasteiger partial charge in [-0.2, -0.15) is 0 Å². The zero-order valence-electron chi connectivity index (χ0n) is 18.1. The van der Waals surface area contributed by atoms with E-state index in [0.29, 0.717) is 11.6 Å². The zero-order valence-corrected chi connectivity index (χ0v) is 18.1. The van der Waals surface area contributed by atoms with Gasteiger partial charge in [0.25, 0.3) is 5.91 Å². The Hall–Kier alpha value is -4.08. The highest BCUT2D eigenvalue weighted by molar-refractivity contribution is 5.99. The Labute approximate surface area is 184 Å². The van der Waals surface area contributed by atoms with E-state index < -0.39 is 11.8 Å². The van der Waals surface area contributed by atoms with E-state index in [1.807, 2.05) is 20.8 Å². The summed E-state index contributed by atoms with van der Waals surface area (Å²) in [7, 11) is 1.49. The van der Waals surface area contributed by atoms with Crippen LogP contribution in [0.2, 0.25) is 0 Å². The van der Waals surface area contributed by atoms with E-state index in [0.717, 1.165) is 11.8 Å².